The van der Waals surface area contributed by atoms with Crippen molar-refractivity contribution in [1.82, 2.24) is 25.0 Å². The van der Waals surface area contributed by atoms with Gasteiger partial charge in [0.05, 0.1) is 17.8 Å². The van der Waals surface area contributed by atoms with E-state index in [1.54, 1.807) is 36.4 Å². The second kappa shape index (κ2) is 13.2. The predicted octanol–water partition coefficient (Wildman–Crippen LogP) is 5.14. The number of para-hydroxylation sites is 1. The number of carbonyl (C=O) groups excluding carboxylic acids is 1. The molecular weight excluding hydrogens is 509 g/mol. The SMILES string of the molecule is CCCCN(CC)CCCN1CC(F)(C(=O)N(Cc2ccc(-c3nnc(C(F)F)o3)cn2)c2ccccc2)C1. The number of pyridine rings is 1. The van der Waals surface area contributed by atoms with E-state index in [9.17, 15) is 13.6 Å². The Morgan fingerprint density at radius 3 is 2.44 bits per heavy atom. The molecule has 1 aliphatic heterocycles. The summed E-state index contributed by atoms with van der Waals surface area (Å²) in [7, 11) is 0. The van der Waals surface area contributed by atoms with Crippen LogP contribution in [0.1, 0.15) is 51.1 Å². The van der Waals surface area contributed by atoms with Gasteiger partial charge in [0.2, 0.25) is 11.6 Å². The predicted molar refractivity (Wildman–Crippen MR) is 142 cm³/mol. The van der Waals surface area contributed by atoms with E-state index in [1.807, 2.05) is 11.0 Å². The van der Waals surface area contributed by atoms with Gasteiger partial charge in [0.1, 0.15) is 0 Å². The van der Waals surface area contributed by atoms with Gasteiger partial charge in [-0.2, -0.15) is 8.78 Å². The molecule has 3 aromatic rings. The van der Waals surface area contributed by atoms with E-state index < -0.39 is 23.9 Å². The quantitative estimate of drug-likeness (QED) is 0.278. The number of carbonyl (C=O) groups is 1. The monoisotopic (exact) mass is 544 g/mol. The Balaban J connectivity index is 1.39. The molecule has 1 saturated heterocycles. The van der Waals surface area contributed by atoms with Gasteiger partial charge in [0, 0.05) is 25.0 Å². The second-order valence-corrected chi connectivity index (χ2v) is 9.83. The summed E-state index contributed by atoms with van der Waals surface area (Å²) < 4.78 is 46.3. The molecule has 0 unspecified atom stereocenters. The van der Waals surface area contributed by atoms with Crippen molar-refractivity contribution >= 4 is 11.6 Å². The first-order valence-corrected chi connectivity index (χ1v) is 13.4. The van der Waals surface area contributed by atoms with E-state index in [1.165, 1.54) is 17.5 Å². The van der Waals surface area contributed by atoms with E-state index in [-0.39, 0.29) is 25.5 Å². The zero-order chi connectivity index (χ0) is 27.8. The lowest BCUT2D eigenvalue weighted by molar-refractivity contribution is -0.142. The summed E-state index contributed by atoms with van der Waals surface area (Å²) in [5.41, 5.74) is -0.547. The van der Waals surface area contributed by atoms with Gasteiger partial charge in [-0.15, -0.1) is 10.2 Å². The van der Waals surface area contributed by atoms with Crippen LogP contribution in [0.25, 0.3) is 11.5 Å². The molecule has 2 aromatic heterocycles. The minimum Gasteiger partial charge on any atom is -0.415 e. The van der Waals surface area contributed by atoms with Crippen molar-refractivity contribution in [2.75, 3.05) is 44.2 Å². The second-order valence-electron chi connectivity index (χ2n) is 9.83. The Bertz CT molecular complexity index is 1190. The highest BCUT2D eigenvalue weighted by Crippen LogP contribution is 2.31. The lowest BCUT2D eigenvalue weighted by Crippen LogP contribution is -2.66. The Morgan fingerprint density at radius 2 is 1.82 bits per heavy atom. The number of hydrogen-bond acceptors (Lipinski definition) is 7. The van der Waals surface area contributed by atoms with Crippen LogP contribution in [0, 0.1) is 0 Å². The highest BCUT2D eigenvalue weighted by atomic mass is 19.3. The highest BCUT2D eigenvalue weighted by Gasteiger charge is 2.51. The van der Waals surface area contributed by atoms with Crippen LogP contribution in [0.3, 0.4) is 0 Å². The van der Waals surface area contributed by atoms with Crippen LogP contribution in [-0.4, -0.2) is 75.8 Å². The molecule has 0 bridgehead atoms. The normalized spacial score (nSPS) is 15.1. The lowest BCUT2D eigenvalue weighted by atomic mass is 9.93. The third-order valence-electron chi connectivity index (χ3n) is 6.89. The molecule has 8 nitrogen and oxygen atoms in total. The van der Waals surface area contributed by atoms with Crippen LogP contribution < -0.4 is 4.90 Å². The molecular formula is C28H35F3N6O2. The molecule has 0 saturated carbocycles. The van der Waals surface area contributed by atoms with Crippen LogP contribution in [0.4, 0.5) is 18.9 Å². The number of hydrogen-bond donors (Lipinski definition) is 0. The van der Waals surface area contributed by atoms with Gasteiger partial charge in [0.25, 0.3) is 11.8 Å². The van der Waals surface area contributed by atoms with E-state index in [4.69, 9.17) is 4.42 Å². The maximum Gasteiger partial charge on any atom is 0.314 e. The number of benzene rings is 1. The number of aromatic nitrogens is 3. The molecule has 4 rings (SSSR count). The van der Waals surface area contributed by atoms with Crippen molar-refractivity contribution in [1.29, 1.82) is 0 Å². The summed E-state index contributed by atoms with van der Waals surface area (Å²) in [5, 5.41) is 6.95. The van der Waals surface area contributed by atoms with Crippen molar-refractivity contribution in [3.05, 3.63) is 60.2 Å². The summed E-state index contributed by atoms with van der Waals surface area (Å²) in [4.78, 5) is 23.6. The minimum atomic E-state index is -2.86. The smallest absolute Gasteiger partial charge is 0.314 e. The molecule has 39 heavy (non-hydrogen) atoms. The van der Waals surface area contributed by atoms with Gasteiger partial charge in [0.15, 0.2) is 0 Å². The Morgan fingerprint density at radius 1 is 1.08 bits per heavy atom. The van der Waals surface area contributed by atoms with Crippen molar-refractivity contribution in [3.63, 3.8) is 0 Å². The summed E-state index contributed by atoms with van der Waals surface area (Å²) in [6.07, 6.45) is 1.80. The molecule has 210 valence electrons. The molecule has 0 N–H and O–H groups in total. The van der Waals surface area contributed by atoms with Crippen molar-refractivity contribution in [2.45, 2.75) is 51.7 Å². The summed E-state index contributed by atoms with van der Waals surface area (Å²) in [6.45, 7) is 8.29. The number of amides is 1. The van der Waals surface area contributed by atoms with E-state index >= 15 is 4.39 Å². The van der Waals surface area contributed by atoms with E-state index in [0.29, 0.717) is 16.9 Å². The minimum absolute atomic E-state index is 0.0454. The molecule has 3 heterocycles. The standard InChI is InChI=1S/C28H35F3N6O2/c1-3-5-14-35(4-2)15-9-16-36-19-28(31,20-36)27(38)37(23-10-7-6-8-11-23)18-22-13-12-21(17-32-22)25-33-34-26(39-25)24(29)30/h6-8,10-13,17,24H,3-5,9,14-16,18-20H2,1-2H3. The molecule has 0 aliphatic carbocycles. The Kier molecular flexibility index (Phi) is 9.68. The maximum absolute atomic E-state index is 15.8. The van der Waals surface area contributed by atoms with Crippen molar-refractivity contribution in [2.24, 2.45) is 0 Å². The topological polar surface area (TPSA) is 78.6 Å². The van der Waals surface area contributed by atoms with Crippen LogP contribution in [0.15, 0.2) is 53.1 Å². The molecule has 1 fully saturated rings. The highest BCUT2D eigenvalue weighted by molar-refractivity contribution is 6.00. The number of nitrogens with zero attached hydrogens (tertiary/aromatic N) is 6. The number of alkyl halides is 3. The number of likely N-dealkylation sites (tertiary alicyclic amines) is 1. The van der Waals surface area contributed by atoms with Crippen molar-refractivity contribution < 1.29 is 22.4 Å². The maximum atomic E-state index is 15.8. The number of halogens is 3. The van der Waals surface area contributed by atoms with Gasteiger partial charge in [-0.25, -0.2) is 4.39 Å². The third kappa shape index (κ3) is 7.21. The van der Waals surface area contributed by atoms with Crippen LogP contribution >= 0.6 is 0 Å². The van der Waals surface area contributed by atoms with Gasteiger partial charge in [-0.05, 0) is 63.3 Å². The van der Waals surface area contributed by atoms with Crippen LogP contribution in [0.5, 0.6) is 0 Å². The van der Waals surface area contributed by atoms with Gasteiger partial charge < -0.3 is 14.2 Å². The average molecular weight is 545 g/mol. The Labute approximate surface area is 226 Å². The fourth-order valence-electron chi connectivity index (χ4n) is 4.66. The van der Waals surface area contributed by atoms with E-state index in [0.717, 1.165) is 39.0 Å². The number of rotatable bonds is 14. The van der Waals surface area contributed by atoms with Gasteiger partial charge in [-0.1, -0.05) is 38.5 Å². The first kappa shape index (κ1) is 28.7. The fourth-order valence-corrected chi connectivity index (χ4v) is 4.66. The average Bonchev–Trinajstić information content (AvgIpc) is 3.44. The molecule has 1 aliphatic rings. The Hall–Kier alpha value is -3.31. The largest absolute Gasteiger partial charge is 0.415 e. The van der Waals surface area contributed by atoms with Gasteiger partial charge >= 0.3 is 6.43 Å². The zero-order valence-electron chi connectivity index (χ0n) is 22.4. The van der Waals surface area contributed by atoms with Crippen LogP contribution in [0.2, 0.25) is 0 Å². The first-order valence-electron chi connectivity index (χ1n) is 13.4. The molecule has 0 radical (unpaired) electrons. The zero-order valence-corrected chi connectivity index (χ0v) is 22.4. The molecule has 11 heteroatoms. The summed E-state index contributed by atoms with van der Waals surface area (Å²) >= 11 is 0. The molecule has 1 amide bonds. The fraction of sp³-hybridized carbons (Fsp3) is 0.500. The third-order valence-corrected chi connectivity index (χ3v) is 6.89. The molecule has 1 aromatic carbocycles. The van der Waals surface area contributed by atoms with Crippen LogP contribution in [-0.2, 0) is 11.3 Å². The summed E-state index contributed by atoms with van der Waals surface area (Å²) in [6, 6.07) is 12.1. The van der Waals surface area contributed by atoms with Gasteiger partial charge in [-0.3, -0.25) is 14.7 Å². The lowest BCUT2D eigenvalue weighted by Gasteiger charge is -2.45. The number of unbranched alkanes of at least 4 members (excludes halogenated alkanes) is 1. The van der Waals surface area contributed by atoms with E-state index in [2.05, 4.69) is 33.9 Å². The molecule has 0 atom stereocenters. The number of anilines is 1. The first-order chi connectivity index (χ1) is 18.8. The summed E-state index contributed by atoms with van der Waals surface area (Å²) in [5.74, 6) is -1.45. The molecule has 0 spiro atoms. The van der Waals surface area contributed by atoms with Crippen molar-refractivity contribution in [3.8, 4) is 11.5 Å².